The van der Waals surface area contributed by atoms with Gasteiger partial charge >= 0.3 is 6.09 Å². The largest absolute Gasteiger partial charge is 0.444 e. The van der Waals surface area contributed by atoms with Crippen LogP contribution in [-0.4, -0.2) is 77.3 Å². The van der Waals surface area contributed by atoms with Gasteiger partial charge in [-0.2, -0.15) is 0 Å². The molecule has 0 unspecified atom stereocenters. The number of nitrogens with zero attached hydrogens (tertiary/aromatic N) is 1. The lowest BCUT2D eigenvalue weighted by Crippen LogP contribution is -2.58. The summed E-state index contributed by atoms with van der Waals surface area (Å²) in [6, 6.07) is 14.7. The first kappa shape index (κ1) is 36.6. The maximum atomic E-state index is 14.4. The second-order valence-electron chi connectivity index (χ2n) is 15.4. The molecule has 2 aromatic carbocycles. The van der Waals surface area contributed by atoms with E-state index >= 15 is 0 Å². The highest BCUT2D eigenvalue weighted by atomic mass is 32.2. The topological polar surface area (TPSA) is 171 Å². The molecule has 2 saturated carbocycles. The zero-order valence-electron chi connectivity index (χ0n) is 29.4. The van der Waals surface area contributed by atoms with E-state index in [1.807, 2.05) is 54.6 Å². The molecule has 6 rings (SSSR count). The maximum Gasteiger partial charge on any atom is 0.408 e. The zero-order valence-corrected chi connectivity index (χ0v) is 30.2. The molecular formula is C38H48N4O8S. The molecule has 4 amide bonds. The second-order valence-corrected chi connectivity index (χ2v) is 17.3. The van der Waals surface area contributed by atoms with Crippen LogP contribution in [0.5, 0.6) is 0 Å². The lowest BCUT2D eigenvalue weighted by molar-refractivity contribution is -0.141. The van der Waals surface area contributed by atoms with Gasteiger partial charge < -0.3 is 25.4 Å². The molecule has 274 valence electrons. The van der Waals surface area contributed by atoms with Gasteiger partial charge in [0.15, 0.2) is 0 Å². The Balaban J connectivity index is 1.33. The van der Waals surface area contributed by atoms with Gasteiger partial charge in [0.05, 0.1) is 11.8 Å². The number of fused-ring (bicyclic) bond motifs is 2. The van der Waals surface area contributed by atoms with E-state index in [0.717, 1.165) is 24.0 Å². The van der Waals surface area contributed by atoms with Crippen molar-refractivity contribution < 1.29 is 37.4 Å². The third kappa shape index (κ3) is 8.30. The predicted octanol–water partition coefficient (Wildman–Crippen LogP) is 4.04. The number of ether oxygens (including phenoxy) is 1. The number of carbonyl (C=O) groups excluding carboxylic acids is 4. The Morgan fingerprint density at radius 2 is 1.63 bits per heavy atom. The zero-order chi connectivity index (χ0) is 36.6. The van der Waals surface area contributed by atoms with Crippen molar-refractivity contribution in [2.24, 2.45) is 5.92 Å². The summed E-state index contributed by atoms with van der Waals surface area (Å²) < 4.78 is 33.3. The van der Waals surface area contributed by atoms with E-state index in [4.69, 9.17) is 4.74 Å². The van der Waals surface area contributed by atoms with Crippen molar-refractivity contribution in [2.45, 2.75) is 113 Å². The molecule has 13 heteroatoms. The number of carbonyl (C=O) groups is 4. The fourth-order valence-corrected chi connectivity index (χ4v) is 8.45. The van der Waals surface area contributed by atoms with E-state index in [1.54, 1.807) is 32.9 Å². The van der Waals surface area contributed by atoms with Crippen LogP contribution in [0.2, 0.25) is 0 Å². The van der Waals surface area contributed by atoms with E-state index < -0.39 is 73.8 Å². The van der Waals surface area contributed by atoms with Gasteiger partial charge in [0.25, 0.3) is 5.91 Å². The molecule has 0 spiro atoms. The van der Waals surface area contributed by atoms with Crippen LogP contribution in [0.4, 0.5) is 4.79 Å². The number of sulfonamides is 1. The quantitative estimate of drug-likeness (QED) is 0.324. The fraction of sp³-hybridized carbons (Fsp3) is 0.526. The lowest BCUT2D eigenvalue weighted by Gasteiger charge is -2.30. The monoisotopic (exact) mass is 720 g/mol. The van der Waals surface area contributed by atoms with Gasteiger partial charge in [0, 0.05) is 12.3 Å². The lowest BCUT2D eigenvalue weighted by atomic mass is 9.89. The van der Waals surface area contributed by atoms with Gasteiger partial charge in [0.1, 0.15) is 28.8 Å². The molecule has 0 aromatic heterocycles. The number of amides is 4. The number of nitrogens with one attached hydrogen (secondary N) is 3. The van der Waals surface area contributed by atoms with Crippen molar-refractivity contribution in [1.29, 1.82) is 0 Å². The summed E-state index contributed by atoms with van der Waals surface area (Å²) in [5.74, 6) is -2.51. The van der Waals surface area contributed by atoms with Gasteiger partial charge in [-0.1, -0.05) is 79.6 Å². The van der Waals surface area contributed by atoms with Crippen LogP contribution < -0.4 is 15.4 Å². The van der Waals surface area contributed by atoms with Gasteiger partial charge in [-0.3, -0.25) is 19.1 Å². The molecule has 2 aromatic rings. The summed E-state index contributed by atoms with van der Waals surface area (Å²) in [7, 11) is -3.90. The minimum absolute atomic E-state index is 0.188. The first-order valence-electron chi connectivity index (χ1n) is 17.8. The van der Waals surface area contributed by atoms with E-state index in [2.05, 4.69) is 15.4 Å². The Morgan fingerprint density at radius 1 is 0.941 bits per heavy atom. The van der Waals surface area contributed by atoms with Crippen molar-refractivity contribution in [3.8, 4) is 11.1 Å². The second kappa shape index (κ2) is 14.1. The number of rotatable bonds is 6. The standard InChI is InChI=1S/C38H48N4O8S/c1-36(2,3)50-35(46)39-30-15-11-6-4-5-10-14-28-22-38(28,34(45)41-51(48,49)29-20-21-29)40-32(43)31-23-37(47,24-42(31)33(30)44)27-18-16-26(17-19-27)25-12-8-7-9-13-25/h7-10,12-14,16-19,28-31,47H,4-6,11,15,20-24H2,1-3H3,(H,39,46)(H,40,43)(H,41,45)/t28-,30+,31+,37+,38-/m1/s1. The van der Waals surface area contributed by atoms with Crippen molar-refractivity contribution >= 4 is 33.8 Å². The number of hydrogen-bond donors (Lipinski definition) is 4. The number of hydrogen-bond acceptors (Lipinski definition) is 8. The summed E-state index contributed by atoms with van der Waals surface area (Å²) in [5, 5.41) is 17.1. The molecule has 2 aliphatic carbocycles. The Morgan fingerprint density at radius 3 is 2.29 bits per heavy atom. The summed E-state index contributed by atoms with van der Waals surface area (Å²) in [6.07, 6.45) is 7.04. The molecular weight excluding hydrogens is 673 g/mol. The number of benzene rings is 2. The van der Waals surface area contributed by atoms with Gasteiger partial charge in [0.2, 0.25) is 21.8 Å². The Bertz CT molecular complexity index is 1790. The third-order valence-electron chi connectivity index (χ3n) is 10.1. The van der Waals surface area contributed by atoms with Gasteiger partial charge in [-0.15, -0.1) is 0 Å². The van der Waals surface area contributed by atoms with Crippen molar-refractivity contribution in [2.75, 3.05) is 6.54 Å². The first-order chi connectivity index (χ1) is 24.1. The van der Waals surface area contributed by atoms with Gasteiger partial charge in [-0.05, 0) is 76.0 Å². The molecule has 12 nitrogen and oxygen atoms in total. The van der Waals surface area contributed by atoms with E-state index in [0.29, 0.717) is 31.2 Å². The normalized spacial score (nSPS) is 28.7. The summed E-state index contributed by atoms with van der Waals surface area (Å²) in [5.41, 5.74) is -1.59. The molecule has 4 aliphatic rings. The Labute approximate surface area is 299 Å². The number of aliphatic hydroxyl groups is 1. The number of allylic oxidation sites excluding steroid dienone is 1. The smallest absolute Gasteiger partial charge is 0.408 e. The average molecular weight is 721 g/mol. The van der Waals surface area contributed by atoms with Crippen LogP contribution in [0.1, 0.15) is 84.1 Å². The van der Waals surface area contributed by atoms with Crippen LogP contribution in [0, 0.1) is 5.92 Å². The molecule has 0 bridgehead atoms. The van der Waals surface area contributed by atoms with Gasteiger partial charge in [-0.25, -0.2) is 13.2 Å². The Hall–Kier alpha value is -4.23. The molecule has 2 heterocycles. The highest BCUT2D eigenvalue weighted by Gasteiger charge is 2.62. The van der Waals surface area contributed by atoms with Crippen molar-refractivity contribution in [3.05, 3.63) is 72.3 Å². The first-order valence-corrected chi connectivity index (χ1v) is 19.4. The summed E-state index contributed by atoms with van der Waals surface area (Å²) in [4.78, 5) is 56.7. The SMILES string of the molecule is CC(C)(C)OC(=O)N[C@H]1CCCCCC=C[C@@H]2C[C@@]2(C(=O)NS(=O)(=O)C2CC2)NC(=O)[C@@H]2C[C@@](O)(c3ccc(-c4ccccc4)cc3)CN2C1=O. The molecule has 3 fully saturated rings. The number of alkyl carbamates (subject to hydrolysis) is 1. The molecule has 4 N–H and O–H groups in total. The molecule has 0 radical (unpaired) electrons. The highest BCUT2D eigenvalue weighted by Crippen LogP contribution is 2.47. The fourth-order valence-electron chi connectivity index (χ4n) is 7.09. The maximum absolute atomic E-state index is 14.4. The molecule has 1 saturated heterocycles. The summed E-state index contributed by atoms with van der Waals surface area (Å²) >= 11 is 0. The van der Waals surface area contributed by atoms with Crippen molar-refractivity contribution in [1.82, 2.24) is 20.3 Å². The van der Waals surface area contributed by atoms with Crippen LogP contribution in [0.3, 0.4) is 0 Å². The summed E-state index contributed by atoms with van der Waals surface area (Å²) in [6.45, 7) is 4.90. The average Bonchev–Trinajstić information content (AvgIpc) is 4.00. The van der Waals surface area contributed by atoms with Crippen LogP contribution in [0.15, 0.2) is 66.7 Å². The minimum atomic E-state index is -3.90. The molecule has 51 heavy (non-hydrogen) atoms. The highest BCUT2D eigenvalue weighted by molar-refractivity contribution is 7.91. The molecule has 2 aliphatic heterocycles. The van der Waals surface area contributed by atoms with E-state index in [1.165, 1.54) is 4.90 Å². The van der Waals surface area contributed by atoms with Crippen LogP contribution in [-0.2, 0) is 34.7 Å². The molecule has 5 atom stereocenters. The van der Waals surface area contributed by atoms with Crippen LogP contribution >= 0.6 is 0 Å². The predicted molar refractivity (Wildman–Crippen MR) is 190 cm³/mol. The van der Waals surface area contributed by atoms with Crippen LogP contribution in [0.25, 0.3) is 11.1 Å². The van der Waals surface area contributed by atoms with E-state index in [9.17, 15) is 32.7 Å². The third-order valence-corrected chi connectivity index (χ3v) is 12.0. The van der Waals surface area contributed by atoms with Crippen molar-refractivity contribution in [3.63, 3.8) is 0 Å². The minimum Gasteiger partial charge on any atom is -0.444 e. The van der Waals surface area contributed by atoms with E-state index in [-0.39, 0.29) is 25.8 Å². The Kier molecular flexibility index (Phi) is 10.1.